The van der Waals surface area contributed by atoms with E-state index >= 15 is 0 Å². The van der Waals surface area contributed by atoms with Gasteiger partial charge in [-0.15, -0.1) is 0 Å². The first kappa shape index (κ1) is 12.8. The average molecular weight is 289 g/mol. The molecule has 1 aliphatic heterocycles. The lowest BCUT2D eigenvalue weighted by Crippen LogP contribution is -2.16. The molecule has 0 aliphatic carbocycles. The van der Waals surface area contributed by atoms with Gasteiger partial charge < -0.3 is 10.2 Å². The molecule has 0 radical (unpaired) electrons. The Morgan fingerprint density at radius 1 is 1.09 bits per heavy atom. The minimum absolute atomic E-state index is 0.0189. The molecule has 1 amide bonds. The summed E-state index contributed by atoms with van der Waals surface area (Å²) < 4.78 is 0. The van der Waals surface area contributed by atoms with Crippen LogP contribution in [0.1, 0.15) is 15.9 Å². The fourth-order valence-electron chi connectivity index (χ4n) is 3.05. The zero-order chi connectivity index (χ0) is 15.1. The van der Waals surface area contributed by atoms with E-state index in [-0.39, 0.29) is 5.91 Å². The number of aromatic nitrogens is 1. The number of rotatable bonds is 3. The average Bonchev–Trinajstić information content (AvgIpc) is 2.87. The number of carbonyl (C=O) groups is 1. The van der Waals surface area contributed by atoms with Gasteiger partial charge in [-0.05, 0) is 35.9 Å². The molecule has 1 aromatic heterocycles. The van der Waals surface area contributed by atoms with Crippen LogP contribution in [0.15, 0.2) is 54.9 Å². The molecule has 4 nitrogen and oxygen atoms in total. The number of nitrogens with one attached hydrogen (secondary N) is 1. The van der Waals surface area contributed by atoms with E-state index < -0.39 is 0 Å². The van der Waals surface area contributed by atoms with E-state index in [1.54, 1.807) is 12.4 Å². The third-order valence-electron chi connectivity index (χ3n) is 4.09. The first-order valence-corrected chi connectivity index (χ1v) is 7.21. The monoisotopic (exact) mass is 289 g/mol. The van der Waals surface area contributed by atoms with E-state index in [2.05, 4.69) is 34.4 Å². The van der Waals surface area contributed by atoms with Crippen LogP contribution in [-0.2, 0) is 6.54 Å². The maximum Gasteiger partial charge on any atom is 0.256 e. The number of hydrogen-bond donors (Lipinski definition) is 1. The Kier molecular flexibility index (Phi) is 2.82. The molecule has 0 bridgehead atoms. The second-order valence-corrected chi connectivity index (χ2v) is 5.53. The minimum atomic E-state index is -0.0189. The maximum atomic E-state index is 12.0. The Labute approximate surface area is 128 Å². The molecule has 0 atom stereocenters. The standard InChI is InChI=1S/C18H15N3O/c1-21(11-12-7-9-19-10-8-12)16-6-5-15-17-13(16)3-2-4-14(17)18(22)20-15/h2-10H,11H2,1H3,(H,20,22). The van der Waals surface area contributed by atoms with Gasteiger partial charge in [-0.2, -0.15) is 0 Å². The van der Waals surface area contributed by atoms with Crippen LogP contribution >= 0.6 is 0 Å². The molecule has 2 aromatic carbocycles. The highest BCUT2D eigenvalue weighted by atomic mass is 16.1. The van der Waals surface area contributed by atoms with Crippen LogP contribution in [-0.4, -0.2) is 17.9 Å². The quantitative estimate of drug-likeness (QED) is 0.803. The zero-order valence-electron chi connectivity index (χ0n) is 12.2. The van der Waals surface area contributed by atoms with E-state index in [0.717, 1.165) is 34.3 Å². The number of anilines is 2. The SMILES string of the molecule is CN(Cc1ccncc1)c1ccc2c3c(cccc13)C(=O)N2. The van der Waals surface area contributed by atoms with E-state index in [1.165, 1.54) is 5.56 Å². The Morgan fingerprint density at radius 2 is 1.91 bits per heavy atom. The zero-order valence-corrected chi connectivity index (χ0v) is 12.2. The molecule has 0 saturated carbocycles. The largest absolute Gasteiger partial charge is 0.370 e. The summed E-state index contributed by atoms with van der Waals surface area (Å²) in [5, 5.41) is 5.04. The fourth-order valence-corrected chi connectivity index (χ4v) is 3.05. The van der Waals surface area contributed by atoms with Crippen LogP contribution in [0, 0.1) is 0 Å². The molecule has 0 unspecified atom stereocenters. The number of amides is 1. The third kappa shape index (κ3) is 1.92. The van der Waals surface area contributed by atoms with Crippen molar-refractivity contribution in [1.29, 1.82) is 0 Å². The van der Waals surface area contributed by atoms with E-state index in [1.807, 2.05) is 30.3 Å². The Morgan fingerprint density at radius 3 is 2.73 bits per heavy atom. The van der Waals surface area contributed by atoms with Crippen molar-refractivity contribution in [2.75, 3.05) is 17.3 Å². The predicted octanol–water partition coefficient (Wildman–Crippen LogP) is 3.44. The maximum absolute atomic E-state index is 12.0. The van der Waals surface area contributed by atoms with Crippen molar-refractivity contribution in [3.05, 3.63) is 66.0 Å². The molecule has 1 N–H and O–H groups in total. The van der Waals surface area contributed by atoms with Gasteiger partial charge >= 0.3 is 0 Å². The summed E-state index contributed by atoms with van der Waals surface area (Å²) in [6.07, 6.45) is 3.61. The van der Waals surface area contributed by atoms with Crippen molar-refractivity contribution < 1.29 is 4.79 Å². The van der Waals surface area contributed by atoms with E-state index in [9.17, 15) is 4.79 Å². The molecule has 4 rings (SSSR count). The summed E-state index contributed by atoms with van der Waals surface area (Å²) in [6.45, 7) is 0.794. The Balaban J connectivity index is 1.80. The second-order valence-electron chi connectivity index (χ2n) is 5.53. The first-order valence-electron chi connectivity index (χ1n) is 7.21. The lowest BCUT2D eigenvalue weighted by molar-refractivity contribution is 0.103. The number of benzene rings is 2. The predicted molar refractivity (Wildman–Crippen MR) is 88.2 cm³/mol. The molecule has 108 valence electrons. The molecule has 1 aliphatic rings. The number of carbonyl (C=O) groups excluding carboxylic acids is 1. The van der Waals surface area contributed by atoms with Gasteiger partial charge in [0.15, 0.2) is 0 Å². The van der Waals surface area contributed by atoms with Gasteiger partial charge in [0.05, 0.1) is 0 Å². The van der Waals surface area contributed by atoms with Crippen LogP contribution in [0.3, 0.4) is 0 Å². The molecule has 22 heavy (non-hydrogen) atoms. The van der Waals surface area contributed by atoms with Crippen LogP contribution in [0.4, 0.5) is 11.4 Å². The van der Waals surface area contributed by atoms with Crippen molar-refractivity contribution in [1.82, 2.24) is 4.98 Å². The molecule has 0 fully saturated rings. The molecule has 0 spiro atoms. The highest BCUT2D eigenvalue weighted by Crippen LogP contribution is 2.38. The molecular weight excluding hydrogens is 274 g/mol. The molecule has 3 aromatic rings. The van der Waals surface area contributed by atoms with Gasteiger partial charge in [-0.1, -0.05) is 12.1 Å². The van der Waals surface area contributed by atoms with Crippen LogP contribution in [0.5, 0.6) is 0 Å². The highest BCUT2D eigenvalue weighted by Gasteiger charge is 2.22. The van der Waals surface area contributed by atoms with Crippen molar-refractivity contribution >= 4 is 28.1 Å². The van der Waals surface area contributed by atoms with Crippen LogP contribution in [0.25, 0.3) is 10.8 Å². The van der Waals surface area contributed by atoms with E-state index in [0.29, 0.717) is 0 Å². The van der Waals surface area contributed by atoms with Crippen molar-refractivity contribution in [3.8, 4) is 0 Å². The summed E-state index contributed by atoms with van der Waals surface area (Å²) >= 11 is 0. The normalized spacial score (nSPS) is 12.5. The van der Waals surface area contributed by atoms with Gasteiger partial charge in [0.1, 0.15) is 0 Å². The highest BCUT2D eigenvalue weighted by molar-refractivity contribution is 6.25. The van der Waals surface area contributed by atoms with Crippen molar-refractivity contribution in [2.24, 2.45) is 0 Å². The van der Waals surface area contributed by atoms with Crippen molar-refractivity contribution in [2.45, 2.75) is 6.54 Å². The summed E-state index contributed by atoms with van der Waals surface area (Å²) in [4.78, 5) is 18.2. The fraction of sp³-hybridized carbons (Fsp3) is 0.111. The van der Waals surface area contributed by atoms with Crippen LogP contribution in [0.2, 0.25) is 0 Å². The number of nitrogens with zero attached hydrogens (tertiary/aromatic N) is 2. The molecule has 2 heterocycles. The first-order chi connectivity index (χ1) is 10.7. The Bertz CT molecular complexity index is 874. The summed E-state index contributed by atoms with van der Waals surface area (Å²) in [7, 11) is 2.06. The number of hydrogen-bond acceptors (Lipinski definition) is 3. The molecular formula is C18H15N3O. The summed E-state index contributed by atoms with van der Waals surface area (Å²) in [5.41, 5.74) is 3.98. The topological polar surface area (TPSA) is 45.2 Å². The van der Waals surface area contributed by atoms with Gasteiger partial charge in [0.2, 0.25) is 0 Å². The Hall–Kier alpha value is -2.88. The lowest BCUT2D eigenvalue weighted by atomic mass is 10.0. The van der Waals surface area contributed by atoms with Crippen molar-refractivity contribution in [3.63, 3.8) is 0 Å². The van der Waals surface area contributed by atoms with Crippen LogP contribution < -0.4 is 10.2 Å². The van der Waals surface area contributed by atoms with Gasteiger partial charge in [-0.3, -0.25) is 9.78 Å². The third-order valence-corrected chi connectivity index (χ3v) is 4.09. The summed E-state index contributed by atoms with van der Waals surface area (Å²) in [6, 6.07) is 14.0. The molecule has 4 heteroatoms. The number of pyridine rings is 1. The van der Waals surface area contributed by atoms with Gasteiger partial charge in [0, 0.05) is 53.7 Å². The summed E-state index contributed by atoms with van der Waals surface area (Å²) in [5.74, 6) is -0.0189. The van der Waals surface area contributed by atoms with Gasteiger partial charge in [-0.25, -0.2) is 0 Å². The second kappa shape index (κ2) is 4.84. The van der Waals surface area contributed by atoms with Gasteiger partial charge in [0.25, 0.3) is 5.91 Å². The lowest BCUT2D eigenvalue weighted by Gasteiger charge is -2.21. The molecule has 0 saturated heterocycles. The van der Waals surface area contributed by atoms with E-state index in [4.69, 9.17) is 0 Å². The minimum Gasteiger partial charge on any atom is -0.370 e. The smallest absolute Gasteiger partial charge is 0.256 e.